The maximum absolute atomic E-state index is 12.6. The predicted molar refractivity (Wildman–Crippen MR) is 217 cm³/mol. The molecule has 9 nitrogen and oxygen atoms in total. The Labute approximate surface area is 324 Å². The highest BCUT2D eigenvalue weighted by molar-refractivity contribution is 7.45. The summed E-state index contributed by atoms with van der Waals surface area (Å²) in [6, 6.07) is 0. The predicted octanol–water partition coefficient (Wildman–Crippen LogP) is 10.7. The van der Waals surface area contributed by atoms with Gasteiger partial charge in [0.25, 0.3) is 7.82 Å². The van der Waals surface area contributed by atoms with Crippen LogP contribution in [0.15, 0.2) is 60.8 Å². The number of esters is 2. The van der Waals surface area contributed by atoms with Crippen LogP contribution >= 0.6 is 7.82 Å². The first-order chi connectivity index (χ1) is 25.5. The lowest BCUT2D eigenvalue weighted by molar-refractivity contribution is -0.870. The Morgan fingerprint density at radius 1 is 0.604 bits per heavy atom. The first kappa shape index (κ1) is 50.7. The molecule has 0 spiro atoms. The molecule has 0 rings (SSSR count). The molecule has 306 valence electrons. The van der Waals surface area contributed by atoms with Gasteiger partial charge in [0.15, 0.2) is 6.10 Å². The van der Waals surface area contributed by atoms with Gasteiger partial charge >= 0.3 is 11.9 Å². The van der Waals surface area contributed by atoms with E-state index in [0.717, 1.165) is 70.6 Å². The first-order valence-electron chi connectivity index (χ1n) is 20.5. The minimum Gasteiger partial charge on any atom is -0.756 e. The van der Waals surface area contributed by atoms with Gasteiger partial charge in [-0.2, -0.15) is 0 Å². The van der Waals surface area contributed by atoms with Crippen molar-refractivity contribution in [1.29, 1.82) is 0 Å². The van der Waals surface area contributed by atoms with Crippen molar-refractivity contribution < 1.29 is 42.1 Å². The van der Waals surface area contributed by atoms with Gasteiger partial charge in [0.05, 0.1) is 27.7 Å². The quantitative estimate of drug-likeness (QED) is 0.0204. The van der Waals surface area contributed by atoms with E-state index in [0.29, 0.717) is 23.9 Å². The fraction of sp³-hybridized carbons (Fsp3) is 0.721. The van der Waals surface area contributed by atoms with Crippen molar-refractivity contribution in [2.75, 3.05) is 47.5 Å². The smallest absolute Gasteiger partial charge is 0.306 e. The highest BCUT2D eigenvalue weighted by Gasteiger charge is 2.21. The lowest BCUT2D eigenvalue weighted by Gasteiger charge is -2.28. The standard InChI is InChI=1S/C43H76NO8P/c1-6-8-10-12-14-16-18-20-22-24-26-28-30-32-34-36-43(46)52-41(40-51-53(47,48)50-38-37-44(3,4)5)39-49-42(45)35-33-31-29-27-25-23-21-19-17-15-13-11-9-7-2/h8,10,14,16,19-22,26,28,41H,6-7,9,11-13,15,17-18,23-25,27,29-40H2,1-5H3/b10-8-,16-14-,21-19-,22-20-,28-26-/t41-/m1/s1. The highest BCUT2D eigenvalue weighted by atomic mass is 31.2. The molecule has 0 saturated heterocycles. The van der Waals surface area contributed by atoms with Crippen molar-refractivity contribution in [2.24, 2.45) is 0 Å². The average molecular weight is 766 g/mol. The number of nitrogens with zero attached hydrogens (tertiary/aromatic N) is 1. The fourth-order valence-corrected chi connectivity index (χ4v) is 5.78. The SMILES string of the molecule is CC/C=C\C/C=C\C/C=C\C/C=C\CCCCC(=O)O[C@H](COC(=O)CCCCCCC/C=C\CCCCCCC)COP(=O)([O-])OCC[N+](C)(C)C. The summed E-state index contributed by atoms with van der Waals surface area (Å²) in [5.74, 6) is -0.899. The molecule has 0 heterocycles. The molecule has 0 fully saturated rings. The van der Waals surface area contributed by atoms with Crippen molar-refractivity contribution in [1.82, 2.24) is 0 Å². The molecule has 0 aromatic heterocycles. The minimum atomic E-state index is -4.64. The van der Waals surface area contributed by atoms with Crippen LogP contribution < -0.4 is 4.89 Å². The Morgan fingerprint density at radius 3 is 1.66 bits per heavy atom. The first-order valence-corrected chi connectivity index (χ1v) is 22.0. The number of rotatable bonds is 36. The van der Waals surface area contributed by atoms with Gasteiger partial charge in [-0.3, -0.25) is 14.2 Å². The van der Waals surface area contributed by atoms with Gasteiger partial charge in [-0.25, -0.2) is 0 Å². The molecule has 0 aromatic carbocycles. The number of phosphoric ester groups is 1. The number of phosphoric acid groups is 1. The third kappa shape index (κ3) is 39.2. The molecule has 0 aliphatic carbocycles. The Kier molecular flexibility index (Phi) is 33.9. The Morgan fingerprint density at radius 2 is 1.08 bits per heavy atom. The number of hydrogen-bond donors (Lipinski definition) is 0. The van der Waals surface area contributed by atoms with Gasteiger partial charge in [-0.1, -0.05) is 120 Å². The van der Waals surface area contributed by atoms with Crippen LogP contribution in [0.1, 0.15) is 149 Å². The van der Waals surface area contributed by atoms with Gasteiger partial charge < -0.3 is 27.9 Å². The van der Waals surface area contributed by atoms with Crippen LogP contribution in [0.2, 0.25) is 0 Å². The molecule has 0 radical (unpaired) electrons. The van der Waals surface area contributed by atoms with Crippen molar-refractivity contribution in [3.05, 3.63) is 60.8 Å². The molecule has 0 saturated carbocycles. The van der Waals surface area contributed by atoms with E-state index in [1.54, 1.807) is 0 Å². The third-order valence-electron chi connectivity index (χ3n) is 8.27. The fourth-order valence-electron chi connectivity index (χ4n) is 5.05. The zero-order chi connectivity index (χ0) is 39.3. The summed E-state index contributed by atoms with van der Waals surface area (Å²) in [4.78, 5) is 37.4. The van der Waals surface area contributed by atoms with E-state index in [1.165, 1.54) is 38.5 Å². The molecule has 1 unspecified atom stereocenters. The Bertz CT molecular complexity index is 1090. The molecule has 10 heteroatoms. The topological polar surface area (TPSA) is 111 Å². The van der Waals surface area contributed by atoms with Crippen LogP contribution in [-0.4, -0.2) is 70.0 Å². The van der Waals surface area contributed by atoms with E-state index in [1.807, 2.05) is 21.1 Å². The van der Waals surface area contributed by atoms with Gasteiger partial charge in [-0.15, -0.1) is 0 Å². The maximum Gasteiger partial charge on any atom is 0.306 e. The van der Waals surface area contributed by atoms with E-state index in [2.05, 4.69) is 74.6 Å². The monoisotopic (exact) mass is 766 g/mol. The summed E-state index contributed by atoms with van der Waals surface area (Å²) in [7, 11) is 1.12. The van der Waals surface area contributed by atoms with Crippen LogP contribution in [-0.2, 0) is 32.7 Å². The van der Waals surface area contributed by atoms with Crippen LogP contribution in [0.4, 0.5) is 0 Å². The Hall–Kier alpha value is -2.29. The van der Waals surface area contributed by atoms with Gasteiger partial charge in [0, 0.05) is 12.8 Å². The lowest BCUT2D eigenvalue weighted by atomic mass is 10.1. The number of ether oxygens (including phenoxy) is 2. The summed E-state index contributed by atoms with van der Waals surface area (Å²) < 4.78 is 33.8. The summed E-state index contributed by atoms with van der Waals surface area (Å²) in [5.41, 5.74) is 0. The van der Waals surface area contributed by atoms with Crippen LogP contribution in [0.3, 0.4) is 0 Å². The van der Waals surface area contributed by atoms with E-state index in [-0.39, 0.29) is 26.1 Å². The van der Waals surface area contributed by atoms with Crippen LogP contribution in [0.25, 0.3) is 0 Å². The molecule has 0 amide bonds. The van der Waals surface area contributed by atoms with Gasteiger partial charge in [0.2, 0.25) is 0 Å². The zero-order valence-electron chi connectivity index (χ0n) is 34.2. The molecular formula is C43H76NO8P. The minimum absolute atomic E-state index is 0.0428. The summed E-state index contributed by atoms with van der Waals surface area (Å²) in [5, 5.41) is 0. The Balaban J connectivity index is 4.50. The second-order valence-electron chi connectivity index (χ2n) is 14.6. The third-order valence-corrected chi connectivity index (χ3v) is 9.24. The van der Waals surface area contributed by atoms with Crippen molar-refractivity contribution >= 4 is 19.8 Å². The number of hydrogen-bond acceptors (Lipinski definition) is 8. The van der Waals surface area contributed by atoms with Crippen molar-refractivity contribution in [3.63, 3.8) is 0 Å². The second kappa shape index (κ2) is 35.4. The van der Waals surface area contributed by atoms with Crippen LogP contribution in [0, 0.1) is 0 Å². The molecule has 2 atom stereocenters. The van der Waals surface area contributed by atoms with Crippen LogP contribution in [0.5, 0.6) is 0 Å². The number of quaternary nitrogens is 1. The summed E-state index contributed by atoms with van der Waals surface area (Å²) in [6.45, 7) is 4.02. The van der Waals surface area contributed by atoms with Crippen molar-refractivity contribution in [2.45, 2.75) is 155 Å². The largest absolute Gasteiger partial charge is 0.756 e. The van der Waals surface area contributed by atoms with Gasteiger partial charge in [0.1, 0.15) is 19.8 Å². The van der Waals surface area contributed by atoms with E-state index in [9.17, 15) is 19.0 Å². The van der Waals surface area contributed by atoms with E-state index in [4.69, 9.17) is 18.5 Å². The van der Waals surface area contributed by atoms with E-state index >= 15 is 0 Å². The zero-order valence-corrected chi connectivity index (χ0v) is 35.1. The van der Waals surface area contributed by atoms with Crippen molar-refractivity contribution in [3.8, 4) is 0 Å². The summed E-state index contributed by atoms with van der Waals surface area (Å²) >= 11 is 0. The molecule has 0 aliphatic heterocycles. The second-order valence-corrected chi connectivity index (χ2v) is 16.0. The summed E-state index contributed by atoms with van der Waals surface area (Å²) in [6.07, 6.45) is 41.1. The molecule has 0 bridgehead atoms. The molecule has 0 N–H and O–H groups in total. The lowest BCUT2D eigenvalue weighted by Crippen LogP contribution is -2.37. The van der Waals surface area contributed by atoms with Gasteiger partial charge in [-0.05, 0) is 77.0 Å². The average Bonchev–Trinajstić information content (AvgIpc) is 3.10. The van der Waals surface area contributed by atoms with E-state index < -0.39 is 32.5 Å². The number of carbonyl (C=O) groups is 2. The molecule has 0 aliphatic rings. The number of allylic oxidation sites excluding steroid dienone is 10. The molecular weight excluding hydrogens is 689 g/mol. The number of carbonyl (C=O) groups excluding carboxylic acids is 2. The highest BCUT2D eigenvalue weighted by Crippen LogP contribution is 2.38. The normalized spacial score (nSPS) is 14.3. The maximum atomic E-state index is 12.6. The molecule has 0 aromatic rings. The number of likely N-dealkylation sites (N-methyl/N-ethyl adjacent to an activating group) is 1. The number of unbranched alkanes of at least 4 members (excludes halogenated alkanes) is 12. The molecule has 53 heavy (non-hydrogen) atoms.